The summed E-state index contributed by atoms with van der Waals surface area (Å²) >= 11 is 0. The number of Topliss-reactive ketones (excluding diaryl/α,β-unsaturated/α-hetero) is 1. The van der Waals surface area contributed by atoms with Gasteiger partial charge in [-0.25, -0.2) is 0 Å². The lowest BCUT2D eigenvalue weighted by Crippen LogP contribution is -2.29. The van der Waals surface area contributed by atoms with Crippen molar-refractivity contribution in [2.45, 2.75) is 6.92 Å². The number of carbonyl (C=O) groups excluding carboxylic acids is 2. The van der Waals surface area contributed by atoms with Gasteiger partial charge in [0.1, 0.15) is 5.75 Å². The van der Waals surface area contributed by atoms with E-state index in [0.29, 0.717) is 11.3 Å². The maximum absolute atomic E-state index is 12.2. The first-order valence-corrected chi connectivity index (χ1v) is 5.88. The molecule has 0 aliphatic heterocycles. The van der Waals surface area contributed by atoms with Crippen LogP contribution in [0.4, 0.5) is 0 Å². The van der Waals surface area contributed by atoms with Gasteiger partial charge in [-0.2, -0.15) is 0 Å². The van der Waals surface area contributed by atoms with Crippen LogP contribution in [-0.2, 0) is 4.79 Å². The summed E-state index contributed by atoms with van der Waals surface area (Å²) < 4.78 is 5.24. The van der Waals surface area contributed by atoms with Crippen LogP contribution in [0, 0.1) is 6.92 Å². The second kappa shape index (κ2) is 4.76. The maximum atomic E-state index is 12.2. The number of nitrogens with one attached hydrogen (secondary N) is 1. The highest BCUT2D eigenvalue weighted by molar-refractivity contribution is 6.44. The van der Waals surface area contributed by atoms with E-state index in [4.69, 9.17) is 4.74 Å². The molecule has 1 aromatic carbocycles. The van der Waals surface area contributed by atoms with Gasteiger partial charge >= 0.3 is 0 Å². The molecule has 0 saturated heterocycles. The quantitative estimate of drug-likeness (QED) is 0.675. The van der Waals surface area contributed by atoms with Gasteiger partial charge in [-0.3, -0.25) is 9.59 Å². The molecule has 0 aliphatic carbocycles. The highest BCUT2D eigenvalue weighted by Crippen LogP contribution is 2.29. The zero-order chi connectivity index (χ0) is 14.2. The Kier molecular flexibility index (Phi) is 3.29. The van der Waals surface area contributed by atoms with Crippen LogP contribution in [-0.4, -0.2) is 42.8 Å². The van der Waals surface area contributed by atoms with Crippen LogP contribution in [0.3, 0.4) is 0 Å². The Morgan fingerprint density at radius 1 is 1.26 bits per heavy atom. The number of rotatable bonds is 3. The van der Waals surface area contributed by atoms with Gasteiger partial charge < -0.3 is 14.6 Å². The van der Waals surface area contributed by atoms with E-state index in [1.807, 2.05) is 19.1 Å². The van der Waals surface area contributed by atoms with E-state index in [-0.39, 0.29) is 0 Å². The summed E-state index contributed by atoms with van der Waals surface area (Å²) in [6.07, 6.45) is 1.57. The summed E-state index contributed by atoms with van der Waals surface area (Å²) in [6.45, 7) is 1.87. The first kappa shape index (κ1) is 13.1. The Bertz CT molecular complexity index is 656. The molecule has 0 spiro atoms. The lowest BCUT2D eigenvalue weighted by molar-refractivity contribution is -0.124. The lowest BCUT2D eigenvalue weighted by atomic mass is 10.0. The van der Waals surface area contributed by atoms with Gasteiger partial charge in [0.25, 0.3) is 11.7 Å². The molecule has 5 heteroatoms. The second-order valence-electron chi connectivity index (χ2n) is 4.55. The molecule has 1 N–H and O–H groups in total. The zero-order valence-corrected chi connectivity index (χ0v) is 11.4. The molecular formula is C14H16N2O3. The Hall–Kier alpha value is -2.30. The van der Waals surface area contributed by atoms with Crippen molar-refractivity contribution < 1.29 is 14.3 Å². The predicted octanol–water partition coefficient (Wildman–Crippen LogP) is 1.76. The highest BCUT2D eigenvalue weighted by atomic mass is 16.5. The third kappa shape index (κ3) is 2.07. The number of hydrogen-bond acceptors (Lipinski definition) is 3. The van der Waals surface area contributed by atoms with Crippen LogP contribution < -0.4 is 4.74 Å². The van der Waals surface area contributed by atoms with Crippen molar-refractivity contribution in [3.8, 4) is 5.75 Å². The average Bonchev–Trinajstić information content (AvgIpc) is 2.82. The van der Waals surface area contributed by atoms with Gasteiger partial charge in [-0.1, -0.05) is 0 Å². The molecule has 0 radical (unpaired) electrons. The zero-order valence-electron chi connectivity index (χ0n) is 11.4. The number of ether oxygens (including phenoxy) is 1. The summed E-state index contributed by atoms with van der Waals surface area (Å²) in [5.74, 6) is -0.367. The van der Waals surface area contributed by atoms with E-state index in [0.717, 1.165) is 16.5 Å². The summed E-state index contributed by atoms with van der Waals surface area (Å²) in [6, 6.07) is 3.66. The standard InChI is InChI=1S/C14H16N2O3/c1-8-11(19-4)6-5-10-12(8)9(7-15-10)13(17)14(18)16(2)3/h5-7,15H,1-4H3. The fourth-order valence-corrected chi connectivity index (χ4v) is 2.10. The van der Waals surface area contributed by atoms with Crippen LogP contribution in [0.1, 0.15) is 15.9 Å². The Balaban J connectivity index is 2.62. The lowest BCUT2D eigenvalue weighted by Gasteiger charge is -2.10. The van der Waals surface area contributed by atoms with Crippen LogP contribution in [0.15, 0.2) is 18.3 Å². The summed E-state index contributed by atoms with van der Waals surface area (Å²) in [5.41, 5.74) is 2.04. The minimum Gasteiger partial charge on any atom is -0.496 e. The molecule has 0 unspecified atom stereocenters. The smallest absolute Gasteiger partial charge is 0.294 e. The number of benzene rings is 1. The number of ketones is 1. The molecule has 0 atom stereocenters. The van der Waals surface area contributed by atoms with E-state index >= 15 is 0 Å². The number of likely N-dealkylation sites (N-methyl/N-ethyl adjacent to an activating group) is 1. The monoisotopic (exact) mass is 260 g/mol. The largest absolute Gasteiger partial charge is 0.496 e. The topological polar surface area (TPSA) is 62.4 Å². The predicted molar refractivity (Wildman–Crippen MR) is 72.6 cm³/mol. The van der Waals surface area contributed by atoms with Crippen molar-refractivity contribution in [3.05, 3.63) is 29.5 Å². The fraction of sp³-hybridized carbons (Fsp3) is 0.286. The van der Waals surface area contributed by atoms with Crippen molar-refractivity contribution in [2.75, 3.05) is 21.2 Å². The third-order valence-electron chi connectivity index (χ3n) is 3.12. The number of aromatic amines is 1. The van der Waals surface area contributed by atoms with Gasteiger partial charge in [0.2, 0.25) is 0 Å². The van der Waals surface area contributed by atoms with Crippen LogP contribution in [0.5, 0.6) is 5.75 Å². The van der Waals surface area contributed by atoms with Gasteiger partial charge in [0.05, 0.1) is 12.7 Å². The number of aromatic nitrogens is 1. The molecule has 0 aliphatic rings. The van der Waals surface area contributed by atoms with E-state index < -0.39 is 11.7 Å². The Morgan fingerprint density at radius 3 is 2.53 bits per heavy atom. The van der Waals surface area contributed by atoms with Gasteiger partial charge in [-0.05, 0) is 19.1 Å². The second-order valence-corrected chi connectivity index (χ2v) is 4.55. The molecule has 0 saturated carbocycles. The number of fused-ring (bicyclic) bond motifs is 1. The van der Waals surface area contributed by atoms with Crippen molar-refractivity contribution in [3.63, 3.8) is 0 Å². The Labute approximate surface area is 111 Å². The molecule has 1 aromatic heterocycles. The van der Waals surface area contributed by atoms with Gasteiger partial charge in [-0.15, -0.1) is 0 Å². The minimum atomic E-state index is -0.539. The number of hydrogen-bond donors (Lipinski definition) is 1. The highest BCUT2D eigenvalue weighted by Gasteiger charge is 2.23. The number of nitrogens with zero attached hydrogens (tertiary/aromatic N) is 1. The average molecular weight is 260 g/mol. The van der Waals surface area contributed by atoms with Crippen LogP contribution in [0.2, 0.25) is 0 Å². The van der Waals surface area contributed by atoms with Crippen LogP contribution >= 0.6 is 0 Å². The molecule has 2 aromatic rings. The summed E-state index contributed by atoms with van der Waals surface area (Å²) in [7, 11) is 4.69. The molecule has 0 fully saturated rings. The third-order valence-corrected chi connectivity index (χ3v) is 3.12. The molecule has 1 amide bonds. The Morgan fingerprint density at radius 2 is 1.95 bits per heavy atom. The van der Waals surface area contributed by atoms with Crippen molar-refractivity contribution in [1.29, 1.82) is 0 Å². The van der Waals surface area contributed by atoms with Crippen molar-refractivity contribution >= 4 is 22.6 Å². The number of methoxy groups -OCH3 is 1. The molecule has 100 valence electrons. The maximum Gasteiger partial charge on any atom is 0.294 e. The van der Waals surface area contributed by atoms with Gasteiger partial charge in [0, 0.05) is 36.8 Å². The number of amides is 1. The minimum absolute atomic E-state index is 0.380. The molecule has 5 nitrogen and oxygen atoms in total. The first-order chi connectivity index (χ1) is 8.97. The number of H-pyrrole nitrogens is 1. The summed E-state index contributed by atoms with van der Waals surface area (Å²) in [5, 5.41) is 0.736. The molecule has 1 heterocycles. The normalized spacial score (nSPS) is 10.5. The first-order valence-electron chi connectivity index (χ1n) is 5.88. The number of carbonyl (C=O) groups is 2. The van der Waals surface area contributed by atoms with Crippen molar-refractivity contribution in [2.24, 2.45) is 0 Å². The van der Waals surface area contributed by atoms with E-state index in [1.54, 1.807) is 27.4 Å². The van der Waals surface area contributed by atoms with E-state index in [1.165, 1.54) is 4.90 Å². The van der Waals surface area contributed by atoms with Gasteiger partial charge in [0.15, 0.2) is 0 Å². The van der Waals surface area contributed by atoms with Crippen LogP contribution in [0.25, 0.3) is 10.9 Å². The number of aryl methyl sites for hydroxylation is 1. The molecule has 0 bridgehead atoms. The molecular weight excluding hydrogens is 244 g/mol. The van der Waals surface area contributed by atoms with E-state index in [2.05, 4.69) is 4.98 Å². The SMILES string of the molecule is COc1ccc2[nH]cc(C(=O)C(=O)N(C)C)c2c1C. The van der Waals surface area contributed by atoms with E-state index in [9.17, 15) is 9.59 Å². The summed E-state index contributed by atoms with van der Waals surface area (Å²) in [4.78, 5) is 28.2. The van der Waals surface area contributed by atoms with Crippen molar-refractivity contribution in [1.82, 2.24) is 9.88 Å². The fourth-order valence-electron chi connectivity index (χ4n) is 2.10. The molecule has 2 rings (SSSR count). The molecule has 19 heavy (non-hydrogen) atoms.